The number of rotatable bonds is 44. The Hall–Kier alpha value is -3.22. The number of hydrogen-bond acceptors (Lipinski definition) is 5. The average Bonchev–Trinajstić information content (AvgIpc) is 3.26. The molecular formula is C56H95NO5. The van der Waals surface area contributed by atoms with Crippen molar-refractivity contribution in [3.63, 3.8) is 0 Å². The Kier molecular flexibility index (Phi) is 46.3. The predicted octanol–water partition coefficient (Wildman–Crippen LogP) is 15.3. The number of ether oxygens (including phenoxy) is 1. The van der Waals surface area contributed by atoms with Crippen LogP contribution in [0.1, 0.15) is 220 Å². The Bertz CT molecular complexity index is 1240. The first kappa shape index (κ1) is 58.8. The number of carbonyl (C=O) groups excluding carboxylic acids is 2. The summed E-state index contributed by atoms with van der Waals surface area (Å²) in [5.41, 5.74) is 0. The number of aliphatic hydroxyl groups is 2. The quantitative estimate of drug-likeness (QED) is 0.0322. The van der Waals surface area contributed by atoms with Crippen molar-refractivity contribution in [2.24, 2.45) is 0 Å². The molecule has 62 heavy (non-hydrogen) atoms. The standard InChI is InChI=1S/C56H95NO5/c1-4-7-10-13-16-19-22-25-27-28-29-30-32-35-38-41-44-47-52(62-56(61)49-46-43-40-37-34-31-26-23-20-17-14-11-8-5-2)50-55(60)57-53(51-58)54(59)48-45-42-39-36-33-24-21-18-15-12-9-6-3/h7-8,10-11,16-17,19-20,25,27,29-30,35,38,44,47,52-54,58-59H,4-6,9,12-15,18,21-24,26,28,31-34,36-37,39-43,45-46,48-51H2,1-3H3,(H,57,60)/b10-7-,11-8+,19-16-,20-17+,27-25-,30-29-,38-35-,47-44-. The van der Waals surface area contributed by atoms with Crippen LogP contribution in [0.2, 0.25) is 0 Å². The van der Waals surface area contributed by atoms with E-state index in [-0.39, 0.29) is 24.9 Å². The van der Waals surface area contributed by atoms with Crippen LogP contribution in [0.25, 0.3) is 0 Å². The maximum atomic E-state index is 13.2. The highest BCUT2D eigenvalue weighted by atomic mass is 16.5. The molecule has 0 rings (SSSR count). The molecule has 0 bridgehead atoms. The maximum Gasteiger partial charge on any atom is 0.306 e. The van der Waals surface area contributed by atoms with Crippen LogP contribution in [-0.4, -0.2) is 46.9 Å². The minimum Gasteiger partial charge on any atom is -0.458 e. The summed E-state index contributed by atoms with van der Waals surface area (Å²) < 4.78 is 5.82. The van der Waals surface area contributed by atoms with Crippen LogP contribution in [0.5, 0.6) is 0 Å². The molecule has 0 aromatic rings. The number of carbonyl (C=O) groups is 2. The lowest BCUT2D eigenvalue weighted by atomic mass is 10.0. The van der Waals surface area contributed by atoms with Crippen molar-refractivity contribution in [3.8, 4) is 0 Å². The molecule has 1 amide bonds. The number of nitrogens with one attached hydrogen (secondary N) is 1. The average molecular weight is 862 g/mol. The van der Waals surface area contributed by atoms with E-state index in [1.165, 1.54) is 83.5 Å². The Labute approximate surface area is 382 Å². The lowest BCUT2D eigenvalue weighted by Gasteiger charge is -2.23. The van der Waals surface area contributed by atoms with Crippen LogP contribution in [0, 0.1) is 0 Å². The van der Waals surface area contributed by atoms with Crippen LogP contribution in [0.3, 0.4) is 0 Å². The van der Waals surface area contributed by atoms with Crippen LogP contribution in [-0.2, 0) is 14.3 Å². The van der Waals surface area contributed by atoms with Crippen molar-refractivity contribution in [1.82, 2.24) is 5.32 Å². The topological polar surface area (TPSA) is 95.9 Å². The van der Waals surface area contributed by atoms with Gasteiger partial charge in [0.2, 0.25) is 5.91 Å². The fourth-order valence-electron chi connectivity index (χ4n) is 7.11. The maximum absolute atomic E-state index is 13.2. The molecule has 3 unspecified atom stereocenters. The summed E-state index contributed by atoms with van der Waals surface area (Å²) in [5, 5.41) is 23.7. The smallest absolute Gasteiger partial charge is 0.306 e. The minimum atomic E-state index is -0.825. The monoisotopic (exact) mass is 862 g/mol. The Morgan fingerprint density at radius 2 is 0.903 bits per heavy atom. The Morgan fingerprint density at radius 1 is 0.500 bits per heavy atom. The second kappa shape index (κ2) is 48.8. The fourth-order valence-corrected chi connectivity index (χ4v) is 7.11. The molecule has 6 nitrogen and oxygen atoms in total. The van der Waals surface area contributed by atoms with Gasteiger partial charge in [0.25, 0.3) is 0 Å². The van der Waals surface area contributed by atoms with E-state index >= 15 is 0 Å². The van der Waals surface area contributed by atoms with Crippen molar-refractivity contribution >= 4 is 11.9 Å². The zero-order valence-electron chi connectivity index (χ0n) is 40.2. The summed E-state index contributed by atoms with van der Waals surface area (Å²) >= 11 is 0. The van der Waals surface area contributed by atoms with Gasteiger partial charge in [-0.1, -0.05) is 221 Å². The van der Waals surface area contributed by atoms with E-state index < -0.39 is 18.2 Å². The molecule has 0 saturated carbocycles. The molecule has 3 atom stereocenters. The number of aliphatic hydroxyl groups excluding tert-OH is 2. The van der Waals surface area contributed by atoms with Crippen LogP contribution >= 0.6 is 0 Å². The van der Waals surface area contributed by atoms with Crippen LogP contribution < -0.4 is 5.32 Å². The van der Waals surface area contributed by atoms with Crippen molar-refractivity contribution in [1.29, 1.82) is 0 Å². The Balaban J connectivity index is 4.80. The molecule has 3 N–H and O–H groups in total. The highest BCUT2D eigenvalue weighted by molar-refractivity contribution is 5.78. The first-order chi connectivity index (χ1) is 30.5. The van der Waals surface area contributed by atoms with E-state index in [0.29, 0.717) is 19.3 Å². The summed E-state index contributed by atoms with van der Waals surface area (Å²) in [5.74, 6) is -0.646. The number of esters is 1. The van der Waals surface area contributed by atoms with Gasteiger partial charge in [0.15, 0.2) is 0 Å². The first-order valence-electron chi connectivity index (χ1n) is 25.5. The third kappa shape index (κ3) is 43.4. The molecule has 354 valence electrons. The van der Waals surface area contributed by atoms with Gasteiger partial charge in [0, 0.05) is 6.42 Å². The summed E-state index contributed by atoms with van der Waals surface area (Å²) in [6.45, 7) is 6.21. The largest absolute Gasteiger partial charge is 0.458 e. The van der Waals surface area contributed by atoms with Gasteiger partial charge in [-0.05, 0) is 83.1 Å². The summed E-state index contributed by atoms with van der Waals surface area (Å²) in [4.78, 5) is 26.1. The zero-order valence-corrected chi connectivity index (χ0v) is 40.2. The second-order valence-electron chi connectivity index (χ2n) is 16.8. The molecule has 0 aromatic carbocycles. The highest BCUT2D eigenvalue weighted by Crippen LogP contribution is 2.15. The van der Waals surface area contributed by atoms with Crippen LogP contribution in [0.4, 0.5) is 0 Å². The van der Waals surface area contributed by atoms with Crippen molar-refractivity contribution in [3.05, 3.63) is 97.2 Å². The molecule has 0 fully saturated rings. The predicted molar refractivity (Wildman–Crippen MR) is 268 cm³/mol. The summed E-state index contributed by atoms with van der Waals surface area (Å²) in [6, 6.07) is -0.749. The molecule has 0 aliphatic heterocycles. The van der Waals surface area contributed by atoms with E-state index in [4.69, 9.17) is 4.74 Å². The van der Waals surface area contributed by atoms with Gasteiger partial charge in [-0.2, -0.15) is 0 Å². The van der Waals surface area contributed by atoms with Crippen molar-refractivity contribution in [2.45, 2.75) is 238 Å². The second-order valence-corrected chi connectivity index (χ2v) is 16.8. The number of amides is 1. The molecule has 0 aliphatic carbocycles. The number of hydrogen-bond donors (Lipinski definition) is 3. The molecule has 0 heterocycles. The van der Waals surface area contributed by atoms with Crippen LogP contribution in [0.15, 0.2) is 97.2 Å². The van der Waals surface area contributed by atoms with Gasteiger partial charge in [-0.25, -0.2) is 0 Å². The van der Waals surface area contributed by atoms with Gasteiger partial charge >= 0.3 is 5.97 Å². The summed E-state index contributed by atoms with van der Waals surface area (Å²) in [6.07, 6.45) is 64.9. The zero-order chi connectivity index (χ0) is 45.2. The van der Waals surface area contributed by atoms with E-state index in [9.17, 15) is 19.8 Å². The van der Waals surface area contributed by atoms with E-state index in [2.05, 4.69) is 111 Å². The lowest BCUT2D eigenvalue weighted by molar-refractivity contribution is -0.148. The molecule has 0 saturated heterocycles. The summed E-state index contributed by atoms with van der Waals surface area (Å²) in [7, 11) is 0. The Morgan fingerprint density at radius 3 is 1.37 bits per heavy atom. The van der Waals surface area contributed by atoms with E-state index in [0.717, 1.165) is 89.9 Å². The van der Waals surface area contributed by atoms with Gasteiger partial charge in [-0.15, -0.1) is 0 Å². The normalized spacial score (nSPS) is 14.1. The van der Waals surface area contributed by atoms with Gasteiger partial charge in [-0.3, -0.25) is 9.59 Å². The highest BCUT2D eigenvalue weighted by Gasteiger charge is 2.23. The third-order valence-electron chi connectivity index (χ3n) is 10.9. The molecule has 0 aromatic heterocycles. The molecule has 0 spiro atoms. The number of unbranched alkanes of at least 4 members (excludes halogenated alkanes) is 18. The van der Waals surface area contributed by atoms with Crippen molar-refractivity contribution in [2.75, 3.05) is 6.61 Å². The third-order valence-corrected chi connectivity index (χ3v) is 10.9. The number of allylic oxidation sites excluding steroid dienone is 15. The fraction of sp³-hybridized carbons (Fsp3) is 0.679. The SMILES string of the molecule is CC/C=C\C/C=C\C/C=C\C/C=C\C/C=C\C/C=C\C(CC(=O)NC(CO)C(O)CCCCCCCCCCCCCC)OC(=O)CCCCCCCCC/C=C/C/C=C/CC. The van der Waals surface area contributed by atoms with Gasteiger partial charge in [0.1, 0.15) is 6.10 Å². The lowest BCUT2D eigenvalue weighted by Crippen LogP contribution is -2.46. The molecule has 6 heteroatoms. The molecule has 0 radical (unpaired) electrons. The minimum absolute atomic E-state index is 0.0552. The van der Waals surface area contributed by atoms with E-state index in [1.54, 1.807) is 6.08 Å². The van der Waals surface area contributed by atoms with Gasteiger partial charge in [0.05, 0.1) is 25.2 Å². The van der Waals surface area contributed by atoms with Gasteiger partial charge < -0.3 is 20.3 Å². The first-order valence-corrected chi connectivity index (χ1v) is 25.5. The van der Waals surface area contributed by atoms with Crippen molar-refractivity contribution < 1.29 is 24.5 Å². The molecular weight excluding hydrogens is 767 g/mol. The van der Waals surface area contributed by atoms with E-state index in [1.807, 2.05) is 6.08 Å². The molecule has 0 aliphatic rings.